The Morgan fingerprint density at radius 1 is 1.00 bits per heavy atom. The quantitative estimate of drug-likeness (QED) is 0.472. The van der Waals surface area contributed by atoms with Gasteiger partial charge in [0.1, 0.15) is 0 Å². The highest BCUT2D eigenvalue weighted by atomic mass is 16.5. The molecule has 0 N–H and O–H groups in total. The smallest absolute Gasteiger partial charge is 0.203 e. The van der Waals surface area contributed by atoms with Crippen molar-refractivity contribution in [2.24, 2.45) is 5.92 Å². The zero-order valence-electron chi connectivity index (χ0n) is 19.0. The standard InChI is InChI=1S/C26H35NO3/c1-6-26(27(2)19-21-14-15-21,16-10-13-20-11-8-7-9-12-20)22-17-23(28-3)25(30-5)24(18-22)29-4/h7-13,17-18,21H,6,14-16,19H2,1-5H3. The molecule has 0 saturated heterocycles. The Labute approximate surface area is 181 Å². The van der Waals surface area contributed by atoms with Crippen LogP contribution in [-0.2, 0) is 5.54 Å². The largest absolute Gasteiger partial charge is 0.493 e. The Kier molecular flexibility index (Phi) is 7.43. The molecule has 1 fully saturated rings. The van der Waals surface area contributed by atoms with Crippen molar-refractivity contribution < 1.29 is 14.2 Å². The van der Waals surface area contributed by atoms with Gasteiger partial charge in [0, 0.05) is 12.1 Å². The predicted molar refractivity (Wildman–Crippen MR) is 124 cm³/mol. The van der Waals surface area contributed by atoms with Gasteiger partial charge in [0.15, 0.2) is 11.5 Å². The normalized spacial score (nSPS) is 15.9. The Morgan fingerprint density at radius 2 is 1.63 bits per heavy atom. The fraction of sp³-hybridized carbons (Fsp3) is 0.462. The Morgan fingerprint density at radius 3 is 2.13 bits per heavy atom. The molecule has 3 rings (SSSR count). The molecule has 2 aromatic carbocycles. The van der Waals surface area contributed by atoms with Gasteiger partial charge in [-0.25, -0.2) is 0 Å². The second-order valence-electron chi connectivity index (χ2n) is 8.14. The van der Waals surface area contributed by atoms with Gasteiger partial charge >= 0.3 is 0 Å². The molecule has 1 unspecified atom stereocenters. The Bertz CT molecular complexity index is 820. The monoisotopic (exact) mass is 409 g/mol. The second kappa shape index (κ2) is 10.0. The second-order valence-corrected chi connectivity index (χ2v) is 8.14. The van der Waals surface area contributed by atoms with E-state index in [0.717, 1.165) is 25.3 Å². The third kappa shape index (κ3) is 4.81. The topological polar surface area (TPSA) is 30.9 Å². The van der Waals surface area contributed by atoms with Gasteiger partial charge in [-0.05, 0) is 61.9 Å². The van der Waals surface area contributed by atoms with Crippen LogP contribution in [0.3, 0.4) is 0 Å². The number of benzene rings is 2. The molecule has 162 valence electrons. The highest BCUT2D eigenvalue weighted by Gasteiger charge is 2.38. The molecule has 2 aromatic rings. The molecule has 0 radical (unpaired) electrons. The number of ether oxygens (including phenoxy) is 3. The first-order chi connectivity index (χ1) is 14.6. The van der Waals surface area contributed by atoms with E-state index in [1.54, 1.807) is 21.3 Å². The molecule has 1 aliphatic carbocycles. The van der Waals surface area contributed by atoms with Crippen LogP contribution >= 0.6 is 0 Å². The van der Waals surface area contributed by atoms with Crippen LogP contribution in [0.4, 0.5) is 0 Å². The molecule has 1 aliphatic rings. The summed E-state index contributed by atoms with van der Waals surface area (Å²) in [5, 5.41) is 0. The summed E-state index contributed by atoms with van der Waals surface area (Å²) in [7, 11) is 7.26. The molecule has 30 heavy (non-hydrogen) atoms. The number of hydrogen-bond donors (Lipinski definition) is 0. The van der Waals surface area contributed by atoms with Crippen molar-refractivity contribution in [3.8, 4) is 17.2 Å². The average Bonchev–Trinajstić information content (AvgIpc) is 3.60. The molecule has 0 aromatic heterocycles. The van der Waals surface area contributed by atoms with E-state index in [1.165, 1.54) is 24.0 Å². The summed E-state index contributed by atoms with van der Waals surface area (Å²) in [6.07, 6.45) is 9.06. The lowest BCUT2D eigenvalue weighted by molar-refractivity contribution is 0.107. The number of nitrogens with zero attached hydrogens (tertiary/aromatic N) is 1. The van der Waals surface area contributed by atoms with Gasteiger partial charge in [0.2, 0.25) is 5.75 Å². The summed E-state index contributed by atoms with van der Waals surface area (Å²) in [4.78, 5) is 2.53. The molecule has 4 nitrogen and oxygen atoms in total. The molecule has 1 saturated carbocycles. The van der Waals surface area contributed by atoms with Crippen molar-refractivity contribution in [2.45, 2.75) is 38.1 Å². The van der Waals surface area contributed by atoms with Crippen LogP contribution in [0.5, 0.6) is 17.2 Å². The summed E-state index contributed by atoms with van der Waals surface area (Å²) in [5.41, 5.74) is 2.26. The highest BCUT2D eigenvalue weighted by Crippen LogP contribution is 2.46. The van der Waals surface area contributed by atoms with Crippen molar-refractivity contribution in [1.29, 1.82) is 0 Å². The summed E-state index contributed by atoms with van der Waals surface area (Å²) in [6.45, 7) is 3.37. The van der Waals surface area contributed by atoms with Gasteiger partial charge in [0.25, 0.3) is 0 Å². The molecule has 0 aliphatic heterocycles. The van der Waals surface area contributed by atoms with Crippen LogP contribution < -0.4 is 14.2 Å². The lowest BCUT2D eigenvalue weighted by Gasteiger charge is -2.42. The minimum absolute atomic E-state index is 0.152. The minimum Gasteiger partial charge on any atom is -0.493 e. The summed E-state index contributed by atoms with van der Waals surface area (Å²) < 4.78 is 16.9. The maximum atomic E-state index is 5.66. The zero-order valence-corrected chi connectivity index (χ0v) is 19.0. The fourth-order valence-electron chi connectivity index (χ4n) is 4.28. The van der Waals surface area contributed by atoms with Gasteiger partial charge in [-0.3, -0.25) is 4.90 Å². The molecule has 1 atom stereocenters. The van der Waals surface area contributed by atoms with Crippen molar-refractivity contribution in [1.82, 2.24) is 4.90 Å². The Hall–Kier alpha value is -2.46. The molecular formula is C26H35NO3. The van der Waals surface area contributed by atoms with E-state index < -0.39 is 0 Å². The fourth-order valence-corrected chi connectivity index (χ4v) is 4.28. The zero-order chi connectivity index (χ0) is 21.6. The first kappa shape index (κ1) is 22.2. The third-order valence-electron chi connectivity index (χ3n) is 6.31. The van der Waals surface area contributed by atoms with Gasteiger partial charge in [-0.15, -0.1) is 0 Å². The van der Waals surface area contributed by atoms with E-state index in [9.17, 15) is 0 Å². The summed E-state index contributed by atoms with van der Waals surface area (Å²) >= 11 is 0. The number of hydrogen-bond acceptors (Lipinski definition) is 4. The third-order valence-corrected chi connectivity index (χ3v) is 6.31. The van der Waals surface area contributed by atoms with E-state index in [4.69, 9.17) is 14.2 Å². The Balaban J connectivity index is 2.02. The summed E-state index contributed by atoms with van der Waals surface area (Å²) in [5.74, 6) is 2.85. The summed E-state index contributed by atoms with van der Waals surface area (Å²) in [6, 6.07) is 14.7. The maximum Gasteiger partial charge on any atom is 0.203 e. The van der Waals surface area contributed by atoms with Crippen LogP contribution in [0.25, 0.3) is 6.08 Å². The van der Waals surface area contributed by atoms with E-state index >= 15 is 0 Å². The first-order valence-electron chi connectivity index (χ1n) is 10.8. The molecule has 0 amide bonds. The van der Waals surface area contributed by atoms with Crippen LogP contribution in [-0.4, -0.2) is 39.8 Å². The van der Waals surface area contributed by atoms with Crippen molar-refractivity contribution in [2.75, 3.05) is 34.9 Å². The van der Waals surface area contributed by atoms with Gasteiger partial charge in [0.05, 0.1) is 21.3 Å². The van der Waals surface area contributed by atoms with Gasteiger partial charge in [-0.1, -0.05) is 49.4 Å². The first-order valence-corrected chi connectivity index (χ1v) is 10.8. The van der Waals surface area contributed by atoms with Crippen LogP contribution in [0, 0.1) is 5.92 Å². The van der Waals surface area contributed by atoms with Crippen LogP contribution in [0.15, 0.2) is 48.5 Å². The number of methoxy groups -OCH3 is 3. The van der Waals surface area contributed by atoms with Crippen LogP contribution in [0.1, 0.15) is 43.7 Å². The van der Waals surface area contributed by atoms with Crippen molar-refractivity contribution >= 4 is 6.08 Å². The predicted octanol–water partition coefficient (Wildman–Crippen LogP) is 5.76. The maximum absolute atomic E-state index is 5.66. The average molecular weight is 410 g/mol. The van der Waals surface area contributed by atoms with E-state index in [0.29, 0.717) is 17.2 Å². The highest BCUT2D eigenvalue weighted by molar-refractivity contribution is 5.56. The van der Waals surface area contributed by atoms with Gasteiger partial charge < -0.3 is 14.2 Å². The molecule has 4 heteroatoms. The van der Waals surface area contributed by atoms with Crippen molar-refractivity contribution in [3.63, 3.8) is 0 Å². The molecule has 0 bridgehead atoms. The molecule has 0 spiro atoms. The van der Waals surface area contributed by atoms with Crippen LogP contribution in [0.2, 0.25) is 0 Å². The number of rotatable bonds is 11. The minimum atomic E-state index is -0.152. The van der Waals surface area contributed by atoms with E-state index in [1.807, 2.05) is 6.07 Å². The van der Waals surface area contributed by atoms with E-state index in [-0.39, 0.29) is 5.54 Å². The van der Waals surface area contributed by atoms with Crippen molar-refractivity contribution in [3.05, 3.63) is 59.7 Å². The molecule has 0 heterocycles. The lowest BCUT2D eigenvalue weighted by atomic mass is 9.81. The lowest BCUT2D eigenvalue weighted by Crippen LogP contribution is -2.44. The SMILES string of the molecule is CCC(CC=Cc1ccccc1)(c1cc(OC)c(OC)c(OC)c1)N(C)CC1CC1. The van der Waals surface area contributed by atoms with E-state index in [2.05, 4.69) is 67.4 Å². The van der Waals surface area contributed by atoms with Gasteiger partial charge in [-0.2, -0.15) is 0 Å². The molecular weight excluding hydrogens is 374 g/mol.